The number of hydrogen-bond acceptors (Lipinski definition) is 0. The minimum absolute atomic E-state index is 0.625. The standard InChI is InChI=1S/C11H13.2C4H9.Al/c1-4-5-11-8-9(2)6-7-10(11)3;2*1-4(2)3;/h4-8H,1H2,2-3H3;2*4H,1H2,2-3H3;. The lowest BCUT2D eigenvalue weighted by Crippen LogP contribution is -2.26. The first-order valence-corrected chi connectivity index (χ1v) is 10.3. The average Bonchev–Trinajstić information content (AvgIpc) is 2.32. The Labute approximate surface area is 130 Å². The van der Waals surface area contributed by atoms with E-state index in [4.69, 9.17) is 0 Å². The van der Waals surface area contributed by atoms with Gasteiger partial charge in [0.05, 0.1) is 0 Å². The molecule has 0 aliphatic rings. The van der Waals surface area contributed by atoms with E-state index in [0.717, 1.165) is 11.8 Å². The Balaban J connectivity index is 3.11. The zero-order valence-electron chi connectivity index (χ0n) is 14.2. The Hall–Kier alpha value is -0.508. The molecule has 1 aromatic rings. The average molecular weight is 286 g/mol. The molecule has 1 unspecified atom stereocenters. The molecular weight excluding hydrogens is 255 g/mol. The van der Waals surface area contributed by atoms with Crippen LogP contribution in [0.4, 0.5) is 0 Å². The van der Waals surface area contributed by atoms with Crippen LogP contribution in [-0.4, -0.2) is 14.1 Å². The summed E-state index contributed by atoms with van der Waals surface area (Å²) in [7, 11) is 0. The molecule has 1 heteroatoms. The Bertz CT molecular complexity index is 421. The van der Waals surface area contributed by atoms with Crippen LogP contribution in [0.15, 0.2) is 30.9 Å². The van der Waals surface area contributed by atoms with Gasteiger partial charge in [0.1, 0.15) is 0 Å². The quantitative estimate of drug-likeness (QED) is 0.431. The van der Waals surface area contributed by atoms with Gasteiger partial charge in [-0.3, -0.25) is 0 Å². The van der Waals surface area contributed by atoms with Crippen molar-refractivity contribution < 1.29 is 0 Å². The molecule has 0 aliphatic heterocycles. The van der Waals surface area contributed by atoms with E-state index in [-0.39, 0.29) is 0 Å². The number of hydrogen-bond donors (Lipinski definition) is 0. The zero-order chi connectivity index (χ0) is 15.3. The maximum absolute atomic E-state index is 4.18. The summed E-state index contributed by atoms with van der Waals surface area (Å²) in [5, 5.41) is 2.84. The summed E-state index contributed by atoms with van der Waals surface area (Å²) >= 11 is -0.858. The Morgan fingerprint density at radius 1 is 1.05 bits per heavy atom. The van der Waals surface area contributed by atoms with Crippen molar-refractivity contribution in [3.05, 3.63) is 47.5 Å². The van der Waals surface area contributed by atoms with Crippen molar-refractivity contribution in [3.63, 3.8) is 0 Å². The minimum atomic E-state index is -0.858. The van der Waals surface area contributed by atoms with Gasteiger partial charge in [-0.1, -0.05) is 85.5 Å². The van der Waals surface area contributed by atoms with Gasteiger partial charge in [-0.15, -0.1) is 6.58 Å². The van der Waals surface area contributed by atoms with E-state index in [9.17, 15) is 0 Å². The second-order valence-electron chi connectivity index (χ2n) is 7.14. The summed E-state index contributed by atoms with van der Waals surface area (Å²) in [5.41, 5.74) is 4.35. The van der Waals surface area contributed by atoms with Crippen molar-refractivity contribution in [2.24, 2.45) is 11.8 Å². The zero-order valence-corrected chi connectivity index (χ0v) is 15.4. The lowest BCUT2D eigenvalue weighted by molar-refractivity contribution is 0.682. The van der Waals surface area contributed by atoms with Gasteiger partial charge < -0.3 is 0 Å². The number of aryl methyl sites for hydroxylation is 2. The predicted octanol–water partition coefficient (Wildman–Crippen LogP) is 5.92. The summed E-state index contributed by atoms with van der Waals surface area (Å²) < 4.78 is 0.625. The van der Waals surface area contributed by atoms with E-state index in [1.807, 2.05) is 0 Å². The molecule has 1 atom stereocenters. The molecule has 0 aliphatic carbocycles. The molecule has 0 spiro atoms. The molecule has 0 saturated carbocycles. The molecule has 20 heavy (non-hydrogen) atoms. The molecule has 0 heterocycles. The summed E-state index contributed by atoms with van der Waals surface area (Å²) in [6, 6.07) is 6.89. The van der Waals surface area contributed by atoms with Crippen molar-refractivity contribution in [2.75, 3.05) is 0 Å². The minimum Gasteiger partial charge on any atom is -0.104 e. The fourth-order valence-electron chi connectivity index (χ4n) is 3.29. The van der Waals surface area contributed by atoms with Crippen LogP contribution in [0.3, 0.4) is 0 Å². The highest BCUT2D eigenvalue weighted by Crippen LogP contribution is 2.31. The molecule has 0 aromatic heterocycles. The van der Waals surface area contributed by atoms with Crippen LogP contribution >= 0.6 is 0 Å². The predicted molar refractivity (Wildman–Crippen MR) is 93.9 cm³/mol. The number of allylic oxidation sites excluding steroid dienone is 1. The molecular formula is C19H31Al. The SMILES string of the molecule is C=C[CH](c1cc(C)ccc1C)[Al]([CH2]C(C)C)[CH2]C(C)C. The molecule has 0 nitrogen and oxygen atoms in total. The van der Waals surface area contributed by atoms with Crippen LogP contribution in [0, 0.1) is 25.7 Å². The van der Waals surface area contributed by atoms with Crippen LogP contribution in [0.5, 0.6) is 0 Å². The molecule has 0 amide bonds. The molecule has 0 N–H and O–H groups in total. The largest absolute Gasteiger partial charge is 0.277 e. The molecule has 0 fully saturated rings. The summed E-state index contributed by atoms with van der Waals surface area (Å²) in [4.78, 5) is 0. The van der Waals surface area contributed by atoms with Gasteiger partial charge in [-0.2, -0.15) is 0 Å². The first kappa shape index (κ1) is 17.5. The van der Waals surface area contributed by atoms with Gasteiger partial charge in [0.25, 0.3) is 14.1 Å². The van der Waals surface area contributed by atoms with Crippen LogP contribution in [0.2, 0.25) is 10.6 Å². The summed E-state index contributed by atoms with van der Waals surface area (Å²) in [6.07, 6.45) is 2.24. The van der Waals surface area contributed by atoms with Gasteiger partial charge in [0, 0.05) is 0 Å². The second-order valence-corrected chi connectivity index (χ2v) is 10.3. The number of benzene rings is 1. The molecule has 1 rings (SSSR count). The van der Waals surface area contributed by atoms with Gasteiger partial charge in [-0.25, -0.2) is 0 Å². The third-order valence-electron chi connectivity index (χ3n) is 4.10. The lowest BCUT2D eigenvalue weighted by Gasteiger charge is -2.25. The van der Waals surface area contributed by atoms with Gasteiger partial charge >= 0.3 is 0 Å². The second kappa shape index (κ2) is 8.06. The van der Waals surface area contributed by atoms with Crippen molar-refractivity contribution in [1.29, 1.82) is 0 Å². The topological polar surface area (TPSA) is 0 Å². The van der Waals surface area contributed by atoms with Crippen molar-refractivity contribution in [1.82, 2.24) is 0 Å². The fraction of sp³-hybridized carbons (Fsp3) is 0.579. The summed E-state index contributed by atoms with van der Waals surface area (Å²) in [6.45, 7) is 18.1. The maximum Gasteiger partial charge on any atom is 0.277 e. The highest BCUT2D eigenvalue weighted by atomic mass is 27.2. The molecule has 110 valence electrons. The van der Waals surface area contributed by atoms with Crippen LogP contribution in [0.1, 0.15) is 49.2 Å². The Kier molecular flexibility index (Phi) is 7.07. The first-order valence-electron chi connectivity index (χ1n) is 8.04. The van der Waals surface area contributed by atoms with Crippen molar-refractivity contribution in [2.45, 2.75) is 56.9 Å². The van der Waals surface area contributed by atoms with Gasteiger partial charge in [-0.05, 0) is 24.2 Å². The van der Waals surface area contributed by atoms with Crippen molar-refractivity contribution in [3.8, 4) is 0 Å². The molecule has 0 radical (unpaired) electrons. The Morgan fingerprint density at radius 3 is 2.05 bits per heavy atom. The highest BCUT2D eigenvalue weighted by molar-refractivity contribution is 6.61. The normalized spacial score (nSPS) is 12.8. The van der Waals surface area contributed by atoms with Gasteiger partial charge in [0.2, 0.25) is 0 Å². The molecule has 1 aromatic carbocycles. The monoisotopic (exact) mass is 286 g/mol. The van der Waals surface area contributed by atoms with E-state index >= 15 is 0 Å². The van der Waals surface area contributed by atoms with E-state index in [1.54, 1.807) is 0 Å². The maximum atomic E-state index is 4.18. The van der Waals surface area contributed by atoms with Crippen LogP contribution < -0.4 is 0 Å². The molecule has 0 bridgehead atoms. The van der Waals surface area contributed by atoms with Crippen LogP contribution in [-0.2, 0) is 0 Å². The van der Waals surface area contributed by atoms with Gasteiger partial charge in [0.15, 0.2) is 0 Å². The van der Waals surface area contributed by atoms with Crippen LogP contribution in [0.25, 0.3) is 0 Å². The molecule has 0 saturated heterocycles. The third-order valence-corrected chi connectivity index (χ3v) is 8.85. The van der Waals surface area contributed by atoms with E-state index < -0.39 is 14.1 Å². The van der Waals surface area contributed by atoms with E-state index in [1.165, 1.54) is 27.3 Å². The lowest BCUT2D eigenvalue weighted by atomic mass is 10.0. The summed E-state index contributed by atoms with van der Waals surface area (Å²) in [5.74, 6) is 1.61. The smallest absolute Gasteiger partial charge is 0.104 e. The Morgan fingerprint density at radius 2 is 1.60 bits per heavy atom. The van der Waals surface area contributed by atoms with Crippen molar-refractivity contribution >= 4 is 14.1 Å². The van der Waals surface area contributed by atoms with E-state index in [2.05, 4.69) is 72.4 Å². The number of rotatable bonds is 7. The first-order chi connectivity index (χ1) is 9.35. The third kappa shape index (κ3) is 5.12. The highest BCUT2D eigenvalue weighted by Gasteiger charge is 2.29. The fourth-order valence-corrected chi connectivity index (χ4v) is 7.75. The van der Waals surface area contributed by atoms with E-state index in [0.29, 0.717) is 4.78 Å².